The third-order valence-corrected chi connectivity index (χ3v) is 4.93. The van der Waals surface area contributed by atoms with Gasteiger partial charge in [0.05, 0.1) is 25.2 Å². The van der Waals surface area contributed by atoms with Crippen molar-refractivity contribution in [2.24, 2.45) is 10.2 Å². The Balaban J connectivity index is 1.90. The van der Waals surface area contributed by atoms with Crippen molar-refractivity contribution in [1.29, 1.82) is 0 Å². The van der Waals surface area contributed by atoms with E-state index in [9.17, 15) is 19.7 Å². The van der Waals surface area contributed by atoms with Crippen LogP contribution in [-0.2, 0) is 9.59 Å². The number of benzene rings is 2. The molecule has 0 atom stereocenters. The smallest absolute Gasteiger partial charge is 0.269 e. The topological polar surface area (TPSA) is 105 Å². The molecule has 0 unspecified atom stereocenters. The monoisotopic (exact) mass is 492 g/mol. The molecule has 3 rings (SSSR count). The molecule has 0 spiro atoms. The van der Waals surface area contributed by atoms with Crippen molar-refractivity contribution in [1.82, 2.24) is 0 Å². The number of carbonyl (C=O) groups excluding carboxylic acids is 2. The molecule has 10 heteroatoms. The average Bonchev–Trinajstić information content (AvgIpc) is 2.93. The van der Waals surface area contributed by atoms with Gasteiger partial charge in [-0.25, -0.2) is 4.90 Å². The summed E-state index contributed by atoms with van der Waals surface area (Å²) in [6, 6.07) is 7.58. The van der Waals surface area contributed by atoms with Crippen LogP contribution in [0.4, 0.5) is 22.7 Å². The highest BCUT2D eigenvalue weighted by molar-refractivity contribution is 9.11. The summed E-state index contributed by atoms with van der Waals surface area (Å²) in [7, 11) is 0. The Morgan fingerprint density at radius 2 is 1.59 bits per heavy atom. The summed E-state index contributed by atoms with van der Waals surface area (Å²) in [6.45, 7) is 1.77. The van der Waals surface area contributed by atoms with Gasteiger partial charge in [0, 0.05) is 24.3 Å². The summed E-state index contributed by atoms with van der Waals surface area (Å²) in [6.07, 6.45) is 2.43. The lowest BCUT2D eigenvalue weighted by atomic mass is 10.1. The van der Waals surface area contributed by atoms with Crippen LogP contribution in [0.5, 0.6) is 0 Å². The van der Waals surface area contributed by atoms with Gasteiger partial charge in [0.25, 0.3) is 17.5 Å². The second-order valence-electron chi connectivity index (χ2n) is 5.53. The van der Waals surface area contributed by atoms with Gasteiger partial charge in [-0.2, -0.15) is 5.11 Å². The van der Waals surface area contributed by atoms with Gasteiger partial charge in [-0.15, -0.1) is 5.11 Å². The molecule has 0 saturated carbocycles. The van der Waals surface area contributed by atoms with Crippen LogP contribution in [0, 0.1) is 17.0 Å². The first-order valence-corrected chi connectivity index (χ1v) is 9.08. The number of azo groups is 1. The number of non-ortho nitro benzene ring substituents is 1. The molecule has 0 fully saturated rings. The van der Waals surface area contributed by atoms with E-state index in [4.69, 9.17) is 0 Å². The third-order valence-electron chi connectivity index (χ3n) is 3.72. The lowest BCUT2D eigenvalue weighted by Crippen LogP contribution is -2.29. The Kier molecular flexibility index (Phi) is 5.29. The molecule has 27 heavy (non-hydrogen) atoms. The predicted molar refractivity (Wildman–Crippen MR) is 105 cm³/mol. The number of rotatable bonds is 4. The van der Waals surface area contributed by atoms with Crippen molar-refractivity contribution >= 4 is 66.4 Å². The lowest BCUT2D eigenvalue weighted by Gasteiger charge is -2.14. The maximum Gasteiger partial charge on any atom is 0.271 e. The van der Waals surface area contributed by atoms with Crippen LogP contribution in [0.15, 0.2) is 61.7 Å². The minimum absolute atomic E-state index is 0.0817. The van der Waals surface area contributed by atoms with Gasteiger partial charge in [0.1, 0.15) is 5.69 Å². The van der Waals surface area contributed by atoms with E-state index in [0.717, 1.165) is 4.90 Å². The van der Waals surface area contributed by atoms with Gasteiger partial charge in [0.15, 0.2) is 0 Å². The molecule has 8 nitrogen and oxygen atoms in total. The van der Waals surface area contributed by atoms with Crippen LogP contribution in [-0.4, -0.2) is 16.7 Å². The Labute approximate surface area is 170 Å². The molecule has 2 amide bonds. The second-order valence-corrected chi connectivity index (χ2v) is 7.24. The van der Waals surface area contributed by atoms with E-state index in [2.05, 4.69) is 42.1 Å². The molecule has 0 aliphatic carbocycles. The zero-order valence-corrected chi connectivity index (χ0v) is 16.9. The number of nitro groups is 1. The van der Waals surface area contributed by atoms with Crippen LogP contribution < -0.4 is 4.90 Å². The Morgan fingerprint density at radius 3 is 2.11 bits per heavy atom. The third kappa shape index (κ3) is 3.86. The zero-order valence-electron chi connectivity index (χ0n) is 13.7. The number of nitrogens with zero attached hydrogens (tertiary/aromatic N) is 4. The molecule has 0 bridgehead atoms. The summed E-state index contributed by atoms with van der Waals surface area (Å²) in [5.74, 6) is -0.792. The molecular weight excluding hydrogens is 484 g/mol. The average molecular weight is 494 g/mol. The maximum absolute atomic E-state index is 11.8. The molecule has 0 saturated heterocycles. The highest BCUT2D eigenvalue weighted by Gasteiger charge is 2.25. The zero-order chi connectivity index (χ0) is 19.7. The van der Waals surface area contributed by atoms with E-state index in [-0.39, 0.29) is 5.69 Å². The largest absolute Gasteiger partial charge is 0.271 e. The van der Waals surface area contributed by atoms with E-state index in [1.54, 1.807) is 25.1 Å². The first-order valence-electron chi connectivity index (χ1n) is 7.50. The predicted octanol–water partition coefficient (Wildman–Crippen LogP) is 5.27. The number of hydrogen-bond acceptors (Lipinski definition) is 6. The van der Waals surface area contributed by atoms with Crippen LogP contribution in [0.2, 0.25) is 0 Å². The van der Waals surface area contributed by atoms with Crippen molar-refractivity contribution in [2.45, 2.75) is 6.92 Å². The first kappa shape index (κ1) is 19.1. The fraction of sp³-hybridized carbons (Fsp3) is 0.0588. The molecule has 1 aliphatic heterocycles. The van der Waals surface area contributed by atoms with Crippen molar-refractivity contribution in [3.63, 3.8) is 0 Å². The highest BCUT2D eigenvalue weighted by Crippen LogP contribution is 2.38. The van der Waals surface area contributed by atoms with Gasteiger partial charge >= 0.3 is 0 Å². The molecule has 136 valence electrons. The number of nitro benzene ring substituents is 1. The van der Waals surface area contributed by atoms with Crippen molar-refractivity contribution in [3.8, 4) is 0 Å². The molecule has 0 N–H and O–H groups in total. The van der Waals surface area contributed by atoms with Gasteiger partial charge in [-0.1, -0.05) is 0 Å². The normalized spacial score (nSPS) is 13.8. The quantitative estimate of drug-likeness (QED) is 0.250. The molecule has 1 aliphatic rings. The maximum atomic E-state index is 11.8. The number of carbonyl (C=O) groups is 2. The van der Waals surface area contributed by atoms with Crippen LogP contribution in [0.1, 0.15) is 5.56 Å². The fourth-order valence-corrected chi connectivity index (χ4v) is 3.72. The van der Waals surface area contributed by atoms with E-state index in [0.29, 0.717) is 31.6 Å². The highest BCUT2D eigenvalue weighted by atomic mass is 79.9. The molecule has 0 aromatic heterocycles. The molecule has 1 heterocycles. The number of aryl methyl sites for hydroxylation is 1. The minimum atomic E-state index is -0.505. The first-order chi connectivity index (χ1) is 12.8. The second kappa shape index (κ2) is 7.49. The number of anilines is 1. The van der Waals surface area contributed by atoms with Crippen LogP contribution in [0.25, 0.3) is 0 Å². The van der Waals surface area contributed by atoms with E-state index < -0.39 is 16.7 Å². The lowest BCUT2D eigenvalue weighted by molar-refractivity contribution is -0.385. The molecule has 0 radical (unpaired) electrons. The van der Waals surface area contributed by atoms with E-state index in [1.165, 1.54) is 24.3 Å². The van der Waals surface area contributed by atoms with Crippen molar-refractivity contribution in [2.75, 3.05) is 4.90 Å². The van der Waals surface area contributed by atoms with E-state index >= 15 is 0 Å². The number of halogens is 2. The summed E-state index contributed by atoms with van der Waals surface area (Å²) in [5.41, 5.74) is 2.00. The summed E-state index contributed by atoms with van der Waals surface area (Å²) in [4.78, 5) is 35.0. The summed E-state index contributed by atoms with van der Waals surface area (Å²) in [5, 5.41) is 19.2. The number of amides is 2. The number of hydrogen-bond donors (Lipinski definition) is 0. The number of imide groups is 1. The molecular formula is C17H10Br2N4O4. The summed E-state index contributed by atoms with van der Waals surface area (Å²) < 4.78 is 0.835. The van der Waals surface area contributed by atoms with Crippen molar-refractivity contribution < 1.29 is 14.5 Å². The van der Waals surface area contributed by atoms with Gasteiger partial charge in [-0.05, 0) is 62.5 Å². The van der Waals surface area contributed by atoms with Crippen LogP contribution >= 0.6 is 31.9 Å². The van der Waals surface area contributed by atoms with Gasteiger partial charge in [0.2, 0.25) is 0 Å². The SMILES string of the molecule is Cc1cc(N2C(=O)C=CC2=O)ccc1N=Nc1c(Br)cc([N+](=O)[O-])cc1Br. The minimum Gasteiger partial charge on any atom is -0.269 e. The van der Waals surface area contributed by atoms with Crippen LogP contribution in [0.3, 0.4) is 0 Å². The standard InChI is InChI=1S/C17H10Br2N4O4/c1-9-6-10(22-15(24)4-5-16(22)25)2-3-14(9)20-21-17-12(18)7-11(23(26)27)8-13(17)19/h2-8H,1H3. The van der Waals surface area contributed by atoms with Crippen molar-refractivity contribution in [3.05, 3.63) is 67.1 Å². The summed E-state index contributed by atoms with van der Waals surface area (Å²) >= 11 is 6.50. The van der Waals surface area contributed by atoms with Gasteiger partial charge < -0.3 is 0 Å². The Morgan fingerprint density at radius 1 is 1.00 bits per heavy atom. The molecule has 2 aromatic carbocycles. The van der Waals surface area contributed by atoms with E-state index in [1.807, 2.05) is 0 Å². The molecule has 2 aromatic rings. The van der Waals surface area contributed by atoms with Gasteiger partial charge in [-0.3, -0.25) is 19.7 Å². The Hall–Kier alpha value is -2.72. The Bertz CT molecular complexity index is 1010. The fourth-order valence-electron chi connectivity index (χ4n) is 2.40.